The molecule has 4 heterocycles. The molecule has 0 aliphatic carbocycles. The molecule has 5 nitrogen and oxygen atoms in total. The first-order chi connectivity index (χ1) is 24.5. The van der Waals surface area contributed by atoms with Gasteiger partial charge in [-0.25, -0.2) is 4.98 Å². The number of furan rings is 1. The Morgan fingerprint density at radius 2 is 1.56 bits per heavy atom. The van der Waals surface area contributed by atoms with Gasteiger partial charge in [-0.3, -0.25) is 4.98 Å². The van der Waals surface area contributed by atoms with Crippen LogP contribution in [0.1, 0.15) is 36.1 Å². The largest absolute Gasteiger partial charge is 0.458 e. The van der Waals surface area contributed by atoms with E-state index in [4.69, 9.17) is 14.4 Å². The molecule has 0 atom stereocenters. The van der Waals surface area contributed by atoms with Crippen LogP contribution in [0.15, 0.2) is 108 Å². The summed E-state index contributed by atoms with van der Waals surface area (Å²) >= 11 is -1.86. The zero-order chi connectivity index (χ0) is 35.9. The summed E-state index contributed by atoms with van der Waals surface area (Å²) in [5.74, 6) is 8.85. The number of hydrogen-bond acceptors (Lipinski definition) is 4. The second-order valence-corrected chi connectivity index (χ2v) is 25.5. The molecule has 0 amide bonds. The minimum atomic E-state index is -1.86. The van der Waals surface area contributed by atoms with Gasteiger partial charge in [0.1, 0.15) is 0 Å². The van der Waals surface area contributed by atoms with Crippen molar-refractivity contribution in [2.45, 2.75) is 58.3 Å². The van der Waals surface area contributed by atoms with E-state index in [1.165, 1.54) is 22.3 Å². The van der Waals surface area contributed by atoms with Crippen LogP contribution in [0.3, 0.4) is 0 Å². The van der Waals surface area contributed by atoms with E-state index in [2.05, 4.69) is 122 Å². The molecule has 0 saturated heterocycles. The summed E-state index contributed by atoms with van der Waals surface area (Å²) in [6, 6.07) is 37.7. The fourth-order valence-corrected chi connectivity index (χ4v) is 10.5. The average molecular weight is 922 g/mol. The summed E-state index contributed by atoms with van der Waals surface area (Å²) in [5.41, 5.74) is 12.8. The molecule has 265 valence electrons. The second kappa shape index (κ2) is 15.3. The maximum absolute atomic E-state index is 6.03. The van der Waals surface area contributed by atoms with Gasteiger partial charge in [-0.2, -0.15) is 0 Å². The van der Waals surface area contributed by atoms with Crippen molar-refractivity contribution in [3.05, 3.63) is 138 Å². The molecular formula is C45H44GeIrN4O-2. The smallest absolute Gasteiger partial charge is 0.215 e. The van der Waals surface area contributed by atoms with Crippen LogP contribution in [-0.4, -0.2) is 32.8 Å². The van der Waals surface area contributed by atoms with Gasteiger partial charge in [-0.15, -0.1) is 17.7 Å². The first kappa shape index (κ1) is 37.4. The molecular weight excluding hydrogens is 877 g/mol. The Labute approximate surface area is 323 Å². The Morgan fingerprint density at radius 3 is 2.27 bits per heavy atom. The number of rotatable bonds is 6. The summed E-state index contributed by atoms with van der Waals surface area (Å²) in [6.07, 6.45) is 5.02. The first-order valence-electron chi connectivity index (χ1n) is 17.7. The number of aromatic nitrogens is 4. The van der Waals surface area contributed by atoms with Crippen molar-refractivity contribution in [1.82, 2.24) is 19.5 Å². The molecule has 0 saturated carbocycles. The maximum Gasteiger partial charge on any atom is 0.215 e. The summed E-state index contributed by atoms with van der Waals surface area (Å²) in [7, 11) is 0. The molecule has 1 radical (unpaired) electrons. The SMILES string of the molecule is CC(C)Cc1cc(-c2[c-]cccc2)nc[c]1[Ge]([CH3])([CH3])[CH3].Cc1cc(C)c(-n2c(-c3[c-]cc4c(c3)oc3ncccc34)nc3ccccc32)c(C)c1.[Ir]. The molecule has 8 rings (SSSR count). The standard InChI is InChI=1S/C27H20N3O.C18H24GeN.Ir/c1-16-13-17(2)25(18(3)14-16)30-23-9-5-4-8-22(23)29-26(30)19-10-11-20-21-7-6-12-28-27(21)31-24(20)15-19;1-14(2)11-16-12-18(15-9-7-6-8-10-15)20-13-17(16)19(3,4)5;/h4-9,11-15H,1-3H3;6-9,12-14H,11H2,1-5H3;/q2*-1;. The van der Waals surface area contributed by atoms with Gasteiger partial charge in [-0.05, 0) is 50.1 Å². The molecule has 0 N–H and O–H groups in total. The number of para-hydroxylation sites is 2. The maximum atomic E-state index is 6.03. The predicted molar refractivity (Wildman–Crippen MR) is 215 cm³/mol. The summed E-state index contributed by atoms with van der Waals surface area (Å²) in [6.45, 7) is 11.0. The minimum Gasteiger partial charge on any atom is -0.458 e. The average Bonchev–Trinajstić information content (AvgIpc) is 3.66. The van der Waals surface area contributed by atoms with Crippen molar-refractivity contribution in [3.8, 4) is 28.3 Å². The Kier molecular flexibility index (Phi) is 11.0. The Bertz CT molecular complexity index is 2490. The van der Waals surface area contributed by atoms with E-state index in [-0.39, 0.29) is 20.1 Å². The zero-order valence-corrected chi connectivity index (χ0v) is 35.6. The molecule has 4 aromatic carbocycles. The van der Waals surface area contributed by atoms with Gasteiger partial charge in [0.15, 0.2) is 0 Å². The van der Waals surface area contributed by atoms with Crippen molar-refractivity contribution < 1.29 is 24.5 Å². The Morgan fingerprint density at radius 1 is 0.808 bits per heavy atom. The van der Waals surface area contributed by atoms with Crippen LogP contribution in [0.25, 0.3) is 61.4 Å². The summed E-state index contributed by atoms with van der Waals surface area (Å²) < 4.78 is 9.82. The van der Waals surface area contributed by atoms with E-state index < -0.39 is 13.3 Å². The van der Waals surface area contributed by atoms with Gasteiger partial charge < -0.3 is 8.98 Å². The number of aryl methyl sites for hydroxylation is 3. The number of imidazole rings is 1. The van der Waals surface area contributed by atoms with E-state index in [9.17, 15) is 0 Å². The van der Waals surface area contributed by atoms with Crippen molar-refractivity contribution in [3.63, 3.8) is 0 Å². The van der Waals surface area contributed by atoms with Crippen LogP contribution >= 0.6 is 0 Å². The first-order valence-corrected chi connectivity index (χ1v) is 25.0. The summed E-state index contributed by atoms with van der Waals surface area (Å²) in [4.78, 5) is 14.0. The van der Waals surface area contributed by atoms with Crippen LogP contribution in [0.5, 0.6) is 0 Å². The molecule has 52 heavy (non-hydrogen) atoms. The number of fused-ring (bicyclic) bond motifs is 4. The molecule has 0 spiro atoms. The van der Waals surface area contributed by atoms with E-state index in [1.807, 2.05) is 48.5 Å². The van der Waals surface area contributed by atoms with E-state index in [0.717, 1.165) is 62.1 Å². The van der Waals surface area contributed by atoms with E-state index in [0.29, 0.717) is 11.6 Å². The third kappa shape index (κ3) is 7.57. The van der Waals surface area contributed by atoms with Crippen molar-refractivity contribution in [2.75, 3.05) is 0 Å². The van der Waals surface area contributed by atoms with Crippen molar-refractivity contribution >= 4 is 50.8 Å². The van der Waals surface area contributed by atoms with Crippen LogP contribution in [-0.2, 0) is 26.5 Å². The summed E-state index contributed by atoms with van der Waals surface area (Å²) in [5, 5.41) is 2.01. The zero-order valence-electron chi connectivity index (χ0n) is 31.1. The van der Waals surface area contributed by atoms with E-state index in [1.54, 1.807) is 10.6 Å². The fraction of sp³-hybridized carbons (Fsp3) is 0.222. The second-order valence-electron chi connectivity index (χ2n) is 14.9. The van der Waals surface area contributed by atoms with Crippen LogP contribution < -0.4 is 4.40 Å². The van der Waals surface area contributed by atoms with Crippen molar-refractivity contribution in [2.24, 2.45) is 5.92 Å². The number of nitrogens with zero attached hydrogens (tertiary/aromatic N) is 4. The molecule has 0 aliphatic rings. The fourth-order valence-electron chi connectivity index (χ4n) is 7.12. The third-order valence-electron chi connectivity index (χ3n) is 9.25. The van der Waals surface area contributed by atoms with Gasteiger partial charge in [0.2, 0.25) is 5.71 Å². The number of pyridine rings is 2. The van der Waals surface area contributed by atoms with Crippen LogP contribution in [0.4, 0.5) is 0 Å². The van der Waals surface area contributed by atoms with Gasteiger partial charge >= 0.3 is 126 Å². The van der Waals surface area contributed by atoms with Crippen LogP contribution in [0.2, 0.25) is 17.3 Å². The monoisotopic (exact) mass is 923 g/mol. The molecule has 4 aromatic heterocycles. The van der Waals surface area contributed by atoms with Gasteiger partial charge in [-0.1, -0.05) is 47.3 Å². The van der Waals surface area contributed by atoms with Crippen molar-refractivity contribution in [1.29, 1.82) is 0 Å². The molecule has 8 aromatic rings. The normalized spacial score (nSPS) is 11.6. The van der Waals surface area contributed by atoms with Gasteiger partial charge in [0.05, 0.1) is 22.4 Å². The topological polar surface area (TPSA) is 56.7 Å². The number of hydrogen-bond donors (Lipinski definition) is 0. The van der Waals surface area contributed by atoms with Gasteiger partial charge in [0.25, 0.3) is 0 Å². The molecule has 0 fully saturated rings. The predicted octanol–water partition coefficient (Wildman–Crippen LogP) is 11.0. The molecule has 0 unspecified atom stereocenters. The Hall–Kier alpha value is -4.36. The van der Waals surface area contributed by atoms with Crippen LogP contribution in [0, 0.1) is 38.8 Å². The van der Waals surface area contributed by atoms with E-state index >= 15 is 0 Å². The Balaban J connectivity index is 0.000000193. The molecule has 0 aliphatic heterocycles. The molecule has 0 bridgehead atoms. The quantitative estimate of drug-likeness (QED) is 0.123. The van der Waals surface area contributed by atoms with Gasteiger partial charge in [0, 0.05) is 37.4 Å². The molecule has 7 heteroatoms. The minimum absolute atomic E-state index is 0. The third-order valence-corrected chi connectivity index (χ3v) is 13.6. The number of benzene rings is 4.